The Hall–Kier alpha value is -4.51. The molecule has 5 aromatic rings. The third-order valence-corrected chi connectivity index (χ3v) is 6.82. The zero-order valence-electron chi connectivity index (χ0n) is 19.0. The number of fused-ring (bicyclic) bond motifs is 1. The second-order valence-electron chi connectivity index (χ2n) is 8.14. The Morgan fingerprint density at radius 2 is 1.78 bits per heavy atom. The first kappa shape index (κ1) is 22.0. The lowest BCUT2D eigenvalue weighted by Gasteiger charge is -2.34. The lowest BCUT2D eigenvalue weighted by atomic mass is 10.2. The SMILES string of the molecule is O=C(Nc1c(C(=O)N2CCN(c3ncccn3)CC2)oc2ccccc12)c1cc(-c2cccs2)on1. The van der Waals surface area contributed by atoms with Crippen LogP contribution < -0.4 is 10.2 Å². The molecule has 0 aliphatic carbocycles. The standard InChI is InChI=1S/C25H20N6O4S/c32-23(17-15-19(35-29-17)20-7-3-14-36-20)28-21-16-5-1-2-6-18(16)34-22(21)24(33)30-10-12-31(13-11-30)25-26-8-4-9-27-25/h1-9,14-15H,10-13H2,(H,28,32). The molecule has 1 N–H and O–H groups in total. The van der Waals surface area contributed by atoms with Gasteiger partial charge in [-0.05, 0) is 29.6 Å². The number of piperazine rings is 1. The fourth-order valence-electron chi connectivity index (χ4n) is 4.12. The van der Waals surface area contributed by atoms with E-state index in [-0.39, 0.29) is 17.4 Å². The Kier molecular flexibility index (Phi) is 5.66. The van der Waals surface area contributed by atoms with Gasteiger partial charge in [0.25, 0.3) is 11.8 Å². The Labute approximate surface area is 209 Å². The van der Waals surface area contributed by atoms with E-state index in [1.54, 1.807) is 41.6 Å². The Balaban J connectivity index is 1.24. The predicted molar refractivity (Wildman–Crippen MR) is 134 cm³/mol. The fraction of sp³-hybridized carbons (Fsp3) is 0.160. The van der Waals surface area contributed by atoms with Crippen molar-refractivity contribution in [2.75, 3.05) is 36.4 Å². The number of carbonyl (C=O) groups excluding carboxylic acids is 2. The van der Waals surface area contributed by atoms with Crippen molar-refractivity contribution in [3.8, 4) is 10.6 Å². The first-order valence-electron chi connectivity index (χ1n) is 11.3. The van der Waals surface area contributed by atoms with E-state index < -0.39 is 5.91 Å². The van der Waals surface area contributed by atoms with Gasteiger partial charge in [-0.1, -0.05) is 23.4 Å². The number of nitrogens with one attached hydrogen (secondary N) is 1. The van der Waals surface area contributed by atoms with Crippen LogP contribution in [0.1, 0.15) is 21.0 Å². The lowest BCUT2D eigenvalue weighted by molar-refractivity contribution is 0.0718. The minimum absolute atomic E-state index is 0.0796. The molecular weight excluding hydrogens is 480 g/mol. The molecule has 1 fully saturated rings. The van der Waals surface area contributed by atoms with Crippen molar-refractivity contribution >= 4 is 45.8 Å². The van der Waals surface area contributed by atoms with Crippen molar-refractivity contribution in [1.82, 2.24) is 20.0 Å². The number of furan rings is 1. The van der Waals surface area contributed by atoms with Crippen molar-refractivity contribution < 1.29 is 18.5 Å². The molecule has 0 unspecified atom stereocenters. The second kappa shape index (κ2) is 9.27. The average molecular weight is 501 g/mol. The van der Waals surface area contributed by atoms with E-state index in [4.69, 9.17) is 8.94 Å². The van der Waals surface area contributed by atoms with E-state index in [1.807, 2.05) is 34.5 Å². The van der Waals surface area contributed by atoms with Gasteiger partial charge in [-0.3, -0.25) is 9.59 Å². The summed E-state index contributed by atoms with van der Waals surface area (Å²) in [7, 11) is 0. The summed E-state index contributed by atoms with van der Waals surface area (Å²) in [5.74, 6) is 0.429. The summed E-state index contributed by atoms with van der Waals surface area (Å²) >= 11 is 1.49. The predicted octanol–water partition coefficient (Wildman–Crippen LogP) is 4.15. The first-order valence-corrected chi connectivity index (χ1v) is 12.2. The molecule has 1 aromatic carbocycles. The van der Waals surface area contributed by atoms with E-state index in [2.05, 4.69) is 20.4 Å². The molecule has 1 saturated heterocycles. The largest absolute Gasteiger partial charge is 0.449 e. The highest BCUT2D eigenvalue weighted by Gasteiger charge is 2.30. The van der Waals surface area contributed by atoms with Gasteiger partial charge in [-0.15, -0.1) is 11.3 Å². The van der Waals surface area contributed by atoms with Gasteiger partial charge in [0.05, 0.1) is 4.88 Å². The van der Waals surface area contributed by atoms with Gasteiger partial charge in [0, 0.05) is 50.0 Å². The van der Waals surface area contributed by atoms with Crippen LogP contribution in [0.3, 0.4) is 0 Å². The zero-order chi connectivity index (χ0) is 24.5. The van der Waals surface area contributed by atoms with Crippen molar-refractivity contribution in [1.29, 1.82) is 0 Å². The molecule has 0 spiro atoms. The molecule has 4 aromatic heterocycles. The topological polar surface area (TPSA) is 118 Å². The molecule has 36 heavy (non-hydrogen) atoms. The van der Waals surface area contributed by atoms with Crippen molar-refractivity contribution in [2.45, 2.75) is 0 Å². The molecule has 5 heterocycles. The van der Waals surface area contributed by atoms with Gasteiger partial charge in [-0.25, -0.2) is 9.97 Å². The average Bonchev–Trinajstić information content (AvgIpc) is 3.69. The van der Waals surface area contributed by atoms with E-state index >= 15 is 0 Å². The summed E-state index contributed by atoms with van der Waals surface area (Å²) in [6, 6.07) is 14.3. The molecule has 6 rings (SSSR count). The first-order chi connectivity index (χ1) is 17.7. The third-order valence-electron chi connectivity index (χ3n) is 5.94. The normalized spacial score (nSPS) is 13.8. The third kappa shape index (κ3) is 4.09. The molecule has 180 valence electrons. The maximum atomic E-state index is 13.5. The zero-order valence-corrected chi connectivity index (χ0v) is 19.8. The highest BCUT2D eigenvalue weighted by molar-refractivity contribution is 7.13. The summed E-state index contributed by atoms with van der Waals surface area (Å²) in [5.41, 5.74) is 0.931. The summed E-state index contributed by atoms with van der Waals surface area (Å²) < 4.78 is 11.3. The molecule has 0 saturated carbocycles. The number of thiophene rings is 1. The van der Waals surface area contributed by atoms with Gasteiger partial charge in [0.2, 0.25) is 11.7 Å². The van der Waals surface area contributed by atoms with E-state index in [0.717, 1.165) is 4.88 Å². The maximum Gasteiger partial charge on any atom is 0.291 e. The molecule has 0 bridgehead atoms. The van der Waals surface area contributed by atoms with Crippen molar-refractivity contribution in [2.24, 2.45) is 0 Å². The van der Waals surface area contributed by atoms with Crippen molar-refractivity contribution in [3.63, 3.8) is 0 Å². The highest BCUT2D eigenvalue weighted by Crippen LogP contribution is 2.33. The fourth-order valence-corrected chi connectivity index (χ4v) is 4.80. The van der Waals surface area contributed by atoms with Crippen molar-refractivity contribution in [3.05, 3.63) is 77.8 Å². The van der Waals surface area contributed by atoms with Crippen LogP contribution in [0.4, 0.5) is 11.6 Å². The van der Waals surface area contributed by atoms with Gasteiger partial charge in [-0.2, -0.15) is 0 Å². The molecule has 1 aliphatic heterocycles. The van der Waals surface area contributed by atoms with Crippen LogP contribution in [0.15, 0.2) is 75.2 Å². The lowest BCUT2D eigenvalue weighted by Crippen LogP contribution is -2.49. The van der Waals surface area contributed by atoms with Gasteiger partial charge in [0.1, 0.15) is 11.3 Å². The number of carbonyl (C=O) groups is 2. The Bertz CT molecular complexity index is 1520. The van der Waals surface area contributed by atoms with Crippen LogP contribution in [0.2, 0.25) is 0 Å². The number of amides is 2. The smallest absolute Gasteiger partial charge is 0.291 e. The van der Waals surface area contributed by atoms with Crippen LogP contribution >= 0.6 is 11.3 Å². The van der Waals surface area contributed by atoms with Crippen LogP contribution in [0.25, 0.3) is 21.6 Å². The van der Waals surface area contributed by atoms with Gasteiger partial charge >= 0.3 is 0 Å². The highest BCUT2D eigenvalue weighted by atomic mass is 32.1. The molecule has 0 radical (unpaired) electrons. The summed E-state index contributed by atoms with van der Waals surface area (Å²) in [6.07, 6.45) is 3.39. The number of rotatable bonds is 5. The van der Waals surface area contributed by atoms with E-state index in [1.165, 1.54) is 11.3 Å². The molecule has 2 amide bonds. The summed E-state index contributed by atoms with van der Waals surface area (Å²) in [4.78, 5) is 39.8. The Morgan fingerprint density at radius 1 is 0.972 bits per heavy atom. The number of hydrogen-bond acceptors (Lipinski definition) is 9. The van der Waals surface area contributed by atoms with E-state index in [9.17, 15) is 9.59 Å². The molecule has 10 nitrogen and oxygen atoms in total. The number of hydrogen-bond donors (Lipinski definition) is 1. The molecular formula is C25H20N6O4S. The van der Waals surface area contributed by atoms with Crippen LogP contribution in [0.5, 0.6) is 0 Å². The number of anilines is 2. The number of aromatic nitrogens is 3. The van der Waals surface area contributed by atoms with Crippen LogP contribution in [-0.4, -0.2) is 58.0 Å². The van der Waals surface area contributed by atoms with E-state index in [0.29, 0.717) is 54.5 Å². The molecule has 0 atom stereocenters. The monoisotopic (exact) mass is 500 g/mol. The minimum atomic E-state index is -0.492. The summed E-state index contributed by atoms with van der Waals surface area (Å²) in [6.45, 7) is 2.11. The Morgan fingerprint density at radius 3 is 2.56 bits per heavy atom. The molecule has 1 aliphatic rings. The molecule has 11 heteroatoms. The minimum Gasteiger partial charge on any atom is -0.449 e. The number of nitrogens with zero attached hydrogens (tertiary/aromatic N) is 5. The second-order valence-corrected chi connectivity index (χ2v) is 9.09. The number of benzene rings is 1. The van der Waals surface area contributed by atoms with Gasteiger partial charge < -0.3 is 24.1 Å². The number of para-hydroxylation sites is 1. The quantitative estimate of drug-likeness (QED) is 0.382. The summed E-state index contributed by atoms with van der Waals surface area (Å²) in [5, 5.41) is 9.29. The van der Waals surface area contributed by atoms with Crippen LogP contribution in [-0.2, 0) is 0 Å². The van der Waals surface area contributed by atoms with Crippen LogP contribution in [0, 0.1) is 0 Å². The maximum absolute atomic E-state index is 13.5. The van der Waals surface area contributed by atoms with Gasteiger partial charge in [0.15, 0.2) is 11.5 Å².